The van der Waals surface area contributed by atoms with Gasteiger partial charge in [0.1, 0.15) is 5.82 Å². The summed E-state index contributed by atoms with van der Waals surface area (Å²) >= 11 is 0. The van der Waals surface area contributed by atoms with Gasteiger partial charge in [0.15, 0.2) is 0 Å². The molecule has 0 N–H and O–H groups in total. The van der Waals surface area contributed by atoms with Gasteiger partial charge >= 0.3 is 6.09 Å². The van der Waals surface area contributed by atoms with Crippen LogP contribution in [0.25, 0.3) is 0 Å². The molecule has 0 saturated carbocycles. The predicted molar refractivity (Wildman–Crippen MR) is 48.4 cm³/mol. The largest absolute Gasteiger partial charge is 0.424 e. The molecule has 13 heavy (non-hydrogen) atoms. The third-order valence-corrected chi connectivity index (χ3v) is 1.60. The molecule has 70 valence electrons. The number of hydrogen-bond donors (Lipinski definition) is 0. The van der Waals surface area contributed by atoms with Crippen molar-refractivity contribution in [2.75, 3.05) is 0 Å². The summed E-state index contributed by atoms with van der Waals surface area (Å²) in [7, 11) is 0. The fraction of sp³-hybridized carbons (Fsp3) is 0.333. The molecule has 0 atom stereocenters. The van der Waals surface area contributed by atoms with Gasteiger partial charge in [-0.25, -0.2) is 14.3 Å². The molecule has 0 spiro atoms. The van der Waals surface area contributed by atoms with Crippen molar-refractivity contribution in [1.82, 2.24) is 9.55 Å². The molecule has 0 fully saturated rings. The molecule has 0 aliphatic carbocycles. The van der Waals surface area contributed by atoms with E-state index in [9.17, 15) is 4.79 Å². The number of rotatable bonds is 2. The summed E-state index contributed by atoms with van der Waals surface area (Å²) in [5, 5.41) is 0. The molecule has 4 heteroatoms. The summed E-state index contributed by atoms with van der Waals surface area (Å²) < 4.78 is 6.02. The number of carbonyl (C=O) groups is 1. The van der Waals surface area contributed by atoms with Crippen LogP contribution in [0.15, 0.2) is 19.0 Å². The summed E-state index contributed by atoms with van der Waals surface area (Å²) in [5.41, 5.74) is 0.804. The molecule has 1 aromatic heterocycles. The highest BCUT2D eigenvalue weighted by atomic mass is 16.5. The van der Waals surface area contributed by atoms with E-state index in [1.54, 1.807) is 6.20 Å². The highest BCUT2D eigenvalue weighted by Gasteiger charge is 2.10. The van der Waals surface area contributed by atoms with E-state index in [4.69, 9.17) is 0 Å². The van der Waals surface area contributed by atoms with E-state index < -0.39 is 6.09 Å². The van der Waals surface area contributed by atoms with E-state index >= 15 is 0 Å². The minimum atomic E-state index is -0.465. The van der Waals surface area contributed by atoms with Crippen LogP contribution in [0, 0.1) is 6.92 Å². The van der Waals surface area contributed by atoms with E-state index in [0.29, 0.717) is 12.2 Å². The normalized spacial score (nSPS) is 9.69. The standard InChI is InChI=1S/C9H12N2O2/c1-4-8-10-7(3)6-11(8)9(12)13-5-2/h5-6H,2,4H2,1,3H3. The summed E-state index contributed by atoms with van der Waals surface area (Å²) in [5.74, 6) is 0.698. The van der Waals surface area contributed by atoms with Crippen molar-refractivity contribution in [3.05, 3.63) is 30.6 Å². The number of hydrogen-bond acceptors (Lipinski definition) is 3. The van der Waals surface area contributed by atoms with E-state index in [1.807, 2.05) is 13.8 Å². The van der Waals surface area contributed by atoms with Crippen molar-refractivity contribution in [3.8, 4) is 0 Å². The van der Waals surface area contributed by atoms with Crippen molar-refractivity contribution < 1.29 is 9.53 Å². The SMILES string of the molecule is C=COC(=O)n1cc(C)nc1CC. The number of carbonyl (C=O) groups excluding carboxylic acids is 1. The lowest BCUT2D eigenvalue weighted by Crippen LogP contribution is -2.12. The molecule has 1 aromatic rings. The van der Waals surface area contributed by atoms with Gasteiger partial charge in [-0.3, -0.25) is 0 Å². The second-order valence-corrected chi connectivity index (χ2v) is 2.57. The first-order chi connectivity index (χ1) is 6.19. The van der Waals surface area contributed by atoms with Crippen LogP contribution in [-0.4, -0.2) is 15.6 Å². The second-order valence-electron chi connectivity index (χ2n) is 2.57. The van der Waals surface area contributed by atoms with Gasteiger partial charge in [-0.05, 0) is 6.92 Å². The summed E-state index contributed by atoms with van der Waals surface area (Å²) in [6.45, 7) is 7.07. The topological polar surface area (TPSA) is 44.1 Å². The molecule has 0 unspecified atom stereocenters. The molecule has 0 aliphatic heterocycles. The lowest BCUT2D eigenvalue weighted by Gasteiger charge is -2.01. The maximum absolute atomic E-state index is 11.3. The lowest BCUT2D eigenvalue weighted by atomic mass is 10.4. The van der Waals surface area contributed by atoms with Gasteiger partial charge in [-0.1, -0.05) is 13.5 Å². The van der Waals surface area contributed by atoms with Crippen molar-refractivity contribution in [2.45, 2.75) is 20.3 Å². The maximum Gasteiger partial charge on any atom is 0.424 e. The van der Waals surface area contributed by atoms with Crippen LogP contribution < -0.4 is 0 Å². The van der Waals surface area contributed by atoms with Gasteiger partial charge < -0.3 is 4.74 Å². The number of ether oxygens (including phenoxy) is 1. The molecule has 1 heterocycles. The van der Waals surface area contributed by atoms with Crippen molar-refractivity contribution in [3.63, 3.8) is 0 Å². The maximum atomic E-state index is 11.3. The van der Waals surface area contributed by atoms with Crippen LogP contribution in [0.5, 0.6) is 0 Å². The second kappa shape index (κ2) is 3.89. The zero-order valence-corrected chi connectivity index (χ0v) is 7.78. The van der Waals surface area contributed by atoms with Crippen LogP contribution >= 0.6 is 0 Å². The van der Waals surface area contributed by atoms with E-state index in [-0.39, 0.29) is 0 Å². The number of aryl methyl sites for hydroxylation is 2. The molecule has 0 amide bonds. The molecule has 0 bridgehead atoms. The number of aromatic nitrogens is 2. The van der Waals surface area contributed by atoms with Crippen LogP contribution in [0.4, 0.5) is 4.79 Å². The van der Waals surface area contributed by atoms with E-state index in [0.717, 1.165) is 12.0 Å². The van der Waals surface area contributed by atoms with Crippen LogP contribution in [0.2, 0.25) is 0 Å². The summed E-state index contributed by atoms with van der Waals surface area (Å²) in [6, 6.07) is 0. The van der Waals surface area contributed by atoms with Gasteiger partial charge in [0.2, 0.25) is 0 Å². The van der Waals surface area contributed by atoms with Crippen molar-refractivity contribution in [1.29, 1.82) is 0 Å². The summed E-state index contributed by atoms with van der Waals surface area (Å²) in [4.78, 5) is 15.4. The average molecular weight is 180 g/mol. The lowest BCUT2D eigenvalue weighted by molar-refractivity contribution is 0.186. The van der Waals surface area contributed by atoms with Gasteiger partial charge in [0.25, 0.3) is 0 Å². The molecule has 4 nitrogen and oxygen atoms in total. The minimum Gasteiger partial charge on any atom is -0.418 e. The van der Waals surface area contributed by atoms with Crippen molar-refractivity contribution in [2.24, 2.45) is 0 Å². The van der Waals surface area contributed by atoms with Crippen molar-refractivity contribution >= 4 is 6.09 Å². The average Bonchev–Trinajstić information content (AvgIpc) is 2.47. The summed E-state index contributed by atoms with van der Waals surface area (Å²) in [6.07, 6.45) is 2.98. The number of nitrogens with zero attached hydrogens (tertiary/aromatic N) is 2. The third kappa shape index (κ3) is 1.96. The number of imidazole rings is 1. The molecule has 0 aromatic carbocycles. The third-order valence-electron chi connectivity index (χ3n) is 1.60. The first-order valence-electron chi connectivity index (χ1n) is 4.05. The van der Waals surface area contributed by atoms with Gasteiger partial charge in [0, 0.05) is 12.6 Å². The van der Waals surface area contributed by atoms with Gasteiger partial charge in [-0.15, -0.1) is 0 Å². The Morgan fingerprint density at radius 2 is 2.54 bits per heavy atom. The first-order valence-corrected chi connectivity index (χ1v) is 4.05. The molecule has 1 rings (SSSR count). The highest BCUT2D eigenvalue weighted by molar-refractivity contribution is 5.71. The smallest absolute Gasteiger partial charge is 0.418 e. The Kier molecular flexibility index (Phi) is 2.84. The Labute approximate surface area is 76.8 Å². The minimum absolute atomic E-state index is 0.465. The Hall–Kier alpha value is -1.58. The predicted octanol–water partition coefficient (Wildman–Crippen LogP) is 1.88. The molecule has 0 aliphatic rings. The molecule has 0 radical (unpaired) electrons. The quantitative estimate of drug-likeness (QED) is 0.653. The highest BCUT2D eigenvalue weighted by Crippen LogP contribution is 2.04. The Bertz CT molecular complexity index is 328. The zero-order chi connectivity index (χ0) is 9.84. The first kappa shape index (κ1) is 9.51. The van der Waals surface area contributed by atoms with Gasteiger partial charge in [0.05, 0.1) is 12.0 Å². The fourth-order valence-electron chi connectivity index (χ4n) is 1.08. The zero-order valence-electron chi connectivity index (χ0n) is 7.78. The van der Waals surface area contributed by atoms with E-state index in [1.165, 1.54) is 4.57 Å². The Morgan fingerprint density at radius 1 is 1.85 bits per heavy atom. The molecular weight excluding hydrogens is 168 g/mol. The van der Waals surface area contributed by atoms with E-state index in [2.05, 4.69) is 16.3 Å². The van der Waals surface area contributed by atoms with Crippen LogP contribution in [-0.2, 0) is 11.2 Å². The molecular formula is C9H12N2O2. The Morgan fingerprint density at radius 3 is 3.08 bits per heavy atom. The van der Waals surface area contributed by atoms with Crippen LogP contribution in [0.3, 0.4) is 0 Å². The van der Waals surface area contributed by atoms with Gasteiger partial charge in [-0.2, -0.15) is 0 Å². The molecule has 0 saturated heterocycles. The Balaban J connectivity index is 2.97. The van der Waals surface area contributed by atoms with Crippen LogP contribution in [0.1, 0.15) is 18.4 Å². The fourth-order valence-corrected chi connectivity index (χ4v) is 1.08. The monoisotopic (exact) mass is 180 g/mol.